The van der Waals surface area contributed by atoms with E-state index in [2.05, 4.69) is 25.7 Å². The van der Waals surface area contributed by atoms with Crippen molar-refractivity contribution in [1.82, 2.24) is 9.80 Å². The summed E-state index contributed by atoms with van der Waals surface area (Å²) in [7, 11) is 0. The minimum atomic E-state index is -0.511. The second-order valence-corrected chi connectivity index (χ2v) is 8.28. The van der Waals surface area contributed by atoms with Crippen LogP contribution < -0.4 is 4.74 Å². The van der Waals surface area contributed by atoms with E-state index in [-0.39, 0.29) is 5.78 Å². The van der Waals surface area contributed by atoms with E-state index in [0.29, 0.717) is 6.61 Å². The van der Waals surface area contributed by atoms with Crippen LogP contribution >= 0.6 is 15.9 Å². The van der Waals surface area contributed by atoms with Crippen LogP contribution in [-0.2, 0) is 0 Å². The Balaban J connectivity index is 1.72. The van der Waals surface area contributed by atoms with E-state index in [1.165, 1.54) is 25.7 Å². The molecule has 0 aromatic heterocycles. The van der Waals surface area contributed by atoms with Crippen LogP contribution in [0.4, 0.5) is 0 Å². The molecule has 24 heavy (non-hydrogen) atoms. The van der Waals surface area contributed by atoms with E-state index in [1.54, 1.807) is 0 Å². The fourth-order valence-corrected chi connectivity index (χ4v) is 4.72. The zero-order valence-electron chi connectivity index (χ0n) is 14.3. The number of ether oxygens (including phenoxy) is 1. The summed E-state index contributed by atoms with van der Waals surface area (Å²) in [6, 6.07) is 3.95. The molecule has 0 unspecified atom stereocenters. The van der Waals surface area contributed by atoms with E-state index < -0.39 is 5.54 Å². The van der Waals surface area contributed by atoms with Gasteiger partial charge in [0, 0.05) is 11.0 Å². The molecule has 1 aromatic rings. The molecule has 5 heteroatoms. The number of likely N-dealkylation sites (tertiary alicyclic amines) is 2. The average molecular weight is 393 g/mol. The standard InChI is InChI=1S/C19H25BrN2O2/c1-14-10-17-15(11-16(14)20)18(23)19(13-24-17,22-8-4-5-9-22)12-21-6-2-3-7-21/h10-11H,2-9,12-13H2,1H3/t19-/m1/s1. The maximum absolute atomic E-state index is 13.6. The van der Waals surface area contributed by atoms with E-state index in [1.807, 2.05) is 19.1 Å². The number of carbonyl (C=O) groups is 1. The molecule has 4 nitrogen and oxygen atoms in total. The lowest BCUT2D eigenvalue weighted by molar-refractivity contribution is 0.0199. The summed E-state index contributed by atoms with van der Waals surface area (Å²) < 4.78 is 7.14. The molecule has 0 aliphatic carbocycles. The Hall–Kier alpha value is -0.910. The lowest BCUT2D eigenvalue weighted by atomic mass is 9.84. The molecule has 2 saturated heterocycles. The van der Waals surface area contributed by atoms with Gasteiger partial charge in [-0.1, -0.05) is 15.9 Å². The summed E-state index contributed by atoms with van der Waals surface area (Å²) in [5.41, 5.74) is 1.34. The van der Waals surface area contributed by atoms with Crippen LogP contribution in [0.3, 0.4) is 0 Å². The zero-order valence-corrected chi connectivity index (χ0v) is 15.9. The first-order valence-corrected chi connectivity index (χ1v) is 9.85. The Bertz CT molecular complexity index is 651. The van der Waals surface area contributed by atoms with Crippen molar-refractivity contribution < 1.29 is 9.53 Å². The third-order valence-corrected chi connectivity index (χ3v) is 6.64. The first kappa shape index (κ1) is 16.6. The third kappa shape index (κ3) is 2.71. The summed E-state index contributed by atoms with van der Waals surface area (Å²) in [5, 5.41) is 0. The number of ketones is 1. The van der Waals surface area contributed by atoms with Gasteiger partial charge in [0.15, 0.2) is 5.78 Å². The Kier molecular flexibility index (Phi) is 4.43. The fraction of sp³-hybridized carbons (Fsp3) is 0.632. The van der Waals surface area contributed by atoms with Gasteiger partial charge in [0.05, 0.1) is 5.56 Å². The van der Waals surface area contributed by atoms with Gasteiger partial charge in [0.2, 0.25) is 0 Å². The van der Waals surface area contributed by atoms with E-state index >= 15 is 0 Å². The van der Waals surface area contributed by atoms with Gasteiger partial charge in [-0.15, -0.1) is 0 Å². The first-order valence-electron chi connectivity index (χ1n) is 9.05. The molecule has 0 bridgehead atoms. The second-order valence-electron chi connectivity index (χ2n) is 7.42. The van der Waals surface area contributed by atoms with Gasteiger partial charge < -0.3 is 9.64 Å². The third-order valence-electron chi connectivity index (χ3n) is 5.79. The van der Waals surface area contributed by atoms with Gasteiger partial charge in [-0.2, -0.15) is 0 Å². The second kappa shape index (κ2) is 6.43. The predicted molar refractivity (Wildman–Crippen MR) is 97.9 cm³/mol. The number of hydrogen-bond donors (Lipinski definition) is 0. The van der Waals surface area contributed by atoms with E-state index in [9.17, 15) is 4.79 Å². The number of carbonyl (C=O) groups excluding carboxylic acids is 1. The summed E-state index contributed by atoms with van der Waals surface area (Å²) in [6.07, 6.45) is 4.85. The first-order chi connectivity index (χ1) is 11.6. The molecule has 1 aromatic carbocycles. The molecule has 4 rings (SSSR count). The largest absolute Gasteiger partial charge is 0.490 e. The monoisotopic (exact) mass is 392 g/mol. The average Bonchev–Trinajstić information content (AvgIpc) is 3.26. The molecule has 130 valence electrons. The molecule has 3 heterocycles. The van der Waals surface area contributed by atoms with Crippen molar-refractivity contribution in [1.29, 1.82) is 0 Å². The lowest BCUT2D eigenvalue weighted by Crippen LogP contribution is -2.64. The summed E-state index contributed by atoms with van der Waals surface area (Å²) in [6.45, 7) is 7.54. The van der Waals surface area contributed by atoms with Gasteiger partial charge in [0.1, 0.15) is 17.9 Å². The van der Waals surface area contributed by atoms with Crippen molar-refractivity contribution in [3.05, 3.63) is 27.7 Å². The van der Waals surface area contributed by atoms with Crippen LogP contribution in [0.5, 0.6) is 5.75 Å². The number of halogens is 1. The summed E-state index contributed by atoms with van der Waals surface area (Å²) >= 11 is 3.58. The molecule has 0 spiro atoms. The molecule has 3 aliphatic rings. The van der Waals surface area contributed by atoms with Crippen molar-refractivity contribution in [2.45, 2.75) is 38.1 Å². The number of benzene rings is 1. The highest BCUT2D eigenvalue weighted by atomic mass is 79.9. The Morgan fingerprint density at radius 2 is 1.79 bits per heavy atom. The van der Waals surface area contributed by atoms with Crippen LogP contribution in [0.1, 0.15) is 41.6 Å². The van der Waals surface area contributed by atoms with E-state index in [0.717, 1.165) is 54.1 Å². The zero-order chi connectivity index (χ0) is 16.7. The minimum absolute atomic E-state index is 0.248. The van der Waals surface area contributed by atoms with Crippen LogP contribution in [0.25, 0.3) is 0 Å². The van der Waals surface area contributed by atoms with Crippen molar-refractivity contribution in [2.75, 3.05) is 39.3 Å². The van der Waals surface area contributed by atoms with Crippen LogP contribution in [0, 0.1) is 6.92 Å². The SMILES string of the molecule is Cc1cc2c(cc1Br)C(=O)[C@](CN1CCCC1)(N1CCCC1)CO2. The van der Waals surface area contributed by atoms with Gasteiger partial charge in [-0.3, -0.25) is 9.69 Å². The number of fused-ring (bicyclic) bond motifs is 1. The maximum Gasteiger partial charge on any atom is 0.191 e. The van der Waals surface area contributed by atoms with Gasteiger partial charge in [0.25, 0.3) is 0 Å². The van der Waals surface area contributed by atoms with Crippen molar-refractivity contribution in [3.8, 4) is 5.75 Å². The molecule has 0 N–H and O–H groups in total. The van der Waals surface area contributed by atoms with E-state index in [4.69, 9.17) is 4.74 Å². The molecular weight excluding hydrogens is 368 g/mol. The van der Waals surface area contributed by atoms with Crippen LogP contribution in [-0.4, -0.2) is 60.5 Å². The molecular formula is C19H25BrN2O2. The Labute approximate surface area is 152 Å². The highest BCUT2D eigenvalue weighted by molar-refractivity contribution is 9.10. The quantitative estimate of drug-likeness (QED) is 0.789. The molecule has 0 radical (unpaired) electrons. The number of rotatable bonds is 3. The molecule has 0 amide bonds. The van der Waals surface area contributed by atoms with Crippen LogP contribution in [0.15, 0.2) is 16.6 Å². The Morgan fingerprint density at radius 3 is 2.50 bits per heavy atom. The molecule has 1 atom stereocenters. The Morgan fingerprint density at radius 1 is 1.12 bits per heavy atom. The maximum atomic E-state index is 13.6. The number of aryl methyl sites for hydroxylation is 1. The van der Waals surface area contributed by atoms with Gasteiger partial charge >= 0.3 is 0 Å². The smallest absolute Gasteiger partial charge is 0.191 e. The predicted octanol–water partition coefficient (Wildman–Crippen LogP) is 3.26. The normalized spacial score (nSPS) is 28.2. The summed E-state index contributed by atoms with van der Waals surface area (Å²) in [5.74, 6) is 0.996. The number of Topliss-reactive ketones (excluding diaryl/α,β-unsaturated/α-hetero) is 1. The molecule has 2 fully saturated rings. The topological polar surface area (TPSA) is 32.8 Å². The molecule has 3 aliphatic heterocycles. The lowest BCUT2D eigenvalue weighted by Gasteiger charge is -2.45. The highest BCUT2D eigenvalue weighted by Crippen LogP contribution is 2.38. The number of nitrogens with zero attached hydrogens (tertiary/aromatic N) is 2. The fourth-order valence-electron chi connectivity index (χ4n) is 4.37. The highest BCUT2D eigenvalue weighted by Gasteiger charge is 2.50. The summed E-state index contributed by atoms with van der Waals surface area (Å²) in [4.78, 5) is 18.5. The molecule has 0 saturated carbocycles. The van der Waals surface area contributed by atoms with Gasteiger partial charge in [-0.05, 0) is 76.5 Å². The number of hydrogen-bond acceptors (Lipinski definition) is 4. The van der Waals surface area contributed by atoms with Crippen molar-refractivity contribution in [2.24, 2.45) is 0 Å². The van der Waals surface area contributed by atoms with Gasteiger partial charge in [-0.25, -0.2) is 0 Å². The van der Waals surface area contributed by atoms with Crippen molar-refractivity contribution in [3.63, 3.8) is 0 Å². The minimum Gasteiger partial charge on any atom is -0.490 e. The van der Waals surface area contributed by atoms with Crippen LogP contribution in [0.2, 0.25) is 0 Å². The van der Waals surface area contributed by atoms with Crippen molar-refractivity contribution >= 4 is 21.7 Å².